The van der Waals surface area contributed by atoms with E-state index in [1.54, 1.807) is 19.1 Å². The smallest absolute Gasteiger partial charge is 0.338 e. The molecule has 0 saturated carbocycles. The van der Waals surface area contributed by atoms with E-state index in [-0.39, 0.29) is 41.5 Å². The summed E-state index contributed by atoms with van der Waals surface area (Å²) in [5.41, 5.74) is 7.06. The second-order valence-corrected chi connectivity index (χ2v) is 5.64. The quantitative estimate of drug-likeness (QED) is 0.587. The summed E-state index contributed by atoms with van der Waals surface area (Å²) in [6.45, 7) is 1.48. The van der Waals surface area contributed by atoms with E-state index >= 15 is 0 Å². The molecule has 0 aliphatic rings. The minimum atomic E-state index is -0.641. The molecule has 2 aromatic carbocycles. The number of aromatic nitrogens is 3. The van der Waals surface area contributed by atoms with E-state index < -0.39 is 5.97 Å². The Labute approximate surface area is 153 Å². The molecule has 8 nitrogen and oxygen atoms in total. The average molecular weight is 369 g/mol. The highest BCUT2D eigenvalue weighted by molar-refractivity contribution is 5.90. The Morgan fingerprint density at radius 1 is 1.19 bits per heavy atom. The minimum absolute atomic E-state index is 0.000334. The van der Waals surface area contributed by atoms with Gasteiger partial charge in [-0.2, -0.15) is 15.0 Å². The summed E-state index contributed by atoms with van der Waals surface area (Å²) < 4.78 is 18.1. The van der Waals surface area contributed by atoms with Gasteiger partial charge < -0.3 is 20.9 Å². The van der Waals surface area contributed by atoms with Crippen LogP contribution in [-0.2, 0) is 11.3 Å². The van der Waals surface area contributed by atoms with Crippen LogP contribution in [0.4, 0.5) is 22.0 Å². The van der Waals surface area contributed by atoms with Gasteiger partial charge in [0.15, 0.2) is 12.4 Å². The zero-order valence-corrected chi connectivity index (χ0v) is 14.3. The molecule has 138 valence electrons. The Morgan fingerprint density at radius 2 is 1.93 bits per heavy atom. The Kier molecular flexibility index (Phi) is 5.11. The van der Waals surface area contributed by atoms with Crippen LogP contribution >= 0.6 is 0 Å². The SMILES string of the molecule is Cc1ccc(C(=O)OCc2nc(N)nc(Nc3ccc(F)cc3)n2)cc1O. The summed E-state index contributed by atoms with van der Waals surface area (Å²) in [5, 5.41) is 12.5. The van der Waals surface area contributed by atoms with Gasteiger partial charge in [0.05, 0.1) is 5.56 Å². The molecule has 0 aliphatic heterocycles. The van der Waals surface area contributed by atoms with Crippen LogP contribution in [0, 0.1) is 12.7 Å². The molecule has 0 atom stereocenters. The topological polar surface area (TPSA) is 123 Å². The van der Waals surface area contributed by atoms with Gasteiger partial charge in [-0.05, 0) is 48.9 Å². The molecule has 3 aromatic rings. The number of anilines is 3. The lowest BCUT2D eigenvalue weighted by Gasteiger charge is -2.08. The Bertz CT molecular complexity index is 979. The van der Waals surface area contributed by atoms with Crippen molar-refractivity contribution in [1.29, 1.82) is 0 Å². The molecule has 0 bridgehead atoms. The van der Waals surface area contributed by atoms with Crippen molar-refractivity contribution >= 4 is 23.6 Å². The number of aryl methyl sites for hydroxylation is 1. The Hall–Kier alpha value is -3.75. The predicted molar refractivity (Wildman–Crippen MR) is 95.9 cm³/mol. The fourth-order valence-electron chi connectivity index (χ4n) is 2.17. The number of nitrogens with one attached hydrogen (secondary N) is 1. The lowest BCUT2D eigenvalue weighted by atomic mass is 10.1. The molecule has 0 radical (unpaired) electrons. The lowest BCUT2D eigenvalue weighted by molar-refractivity contribution is 0.0461. The van der Waals surface area contributed by atoms with Crippen molar-refractivity contribution in [2.45, 2.75) is 13.5 Å². The summed E-state index contributed by atoms with van der Waals surface area (Å²) in [6, 6.07) is 10.1. The molecule has 0 fully saturated rings. The molecule has 0 aliphatic carbocycles. The second-order valence-electron chi connectivity index (χ2n) is 5.64. The maximum absolute atomic E-state index is 13.0. The zero-order chi connectivity index (χ0) is 19.4. The molecule has 9 heteroatoms. The fourth-order valence-corrected chi connectivity index (χ4v) is 2.17. The zero-order valence-electron chi connectivity index (χ0n) is 14.3. The maximum Gasteiger partial charge on any atom is 0.338 e. The Balaban J connectivity index is 1.69. The molecular formula is C18H16FN5O3. The van der Waals surface area contributed by atoms with Crippen molar-refractivity contribution in [3.8, 4) is 5.75 Å². The van der Waals surface area contributed by atoms with Crippen molar-refractivity contribution < 1.29 is 19.0 Å². The third-order valence-electron chi connectivity index (χ3n) is 3.58. The third kappa shape index (κ3) is 4.66. The lowest BCUT2D eigenvalue weighted by Crippen LogP contribution is -2.11. The summed E-state index contributed by atoms with van der Waals surface area (Å²) in [4.78, 5) is 24.1. The highest BCUT2D eigenvalue weighted by Gasteiger charge is 2.12. The number of phenolic OH excluding ortho intramolecular Hbond substituents is 1. The van der Waals surface area contributed by atoms with Crippen LogP contribution in [0.3, 0.4) is 0 Å². The normalized spacial score (nSPS) is 10.4. The number of carbonyl (C=O) groups is 1. The van der Waals surface area contributed by atoms with Gasteiger partial charge in [0.2, 0.25) is 11.9 Å². The van der Waals surface area contributed by atoms with Crippen LogP contribution in [0.15, 0.2) is 42.5 Å². The van der Waals surface area contributed by atoms with Crippen LogP contribution < -0.4 is 11.1 Å². The number of nitrogen functional groups attached to an aromatic ring is 1. The van der Waals surface area contributed by atoms with Crippen molar-refractivity contribution in [1.82, 2.24) is 15.0 Å². The number of hydrogen-bond acceptors (Lipinski definition) is 8. The second kappa shape index (κ2) is 7.65. The largest absolute Gasteiger partial charge is 0.508 e. The van der Waals surface area contributed by atoms with Gasteiger partial charge in [-0.15, -0.1) is 0 Å². The van der Waals surface area contributed by atoms with Gasteiger partial charge in [0, 0.05) is 5.69 Å². The number of nitrogens with zero attached hydrogens (tertiary/aromatic N) is 3. The summed E-state index contributed by atoms with van der Waals surface area (Å²) in [6.07, 6.45) is 0. The van der Waals surface area contributed by atoms with Crippen molar-refractivity contribution in [3.05, 3.63) is 65.2 Å². The number of benzene rings is 2. The van der Waals surface area contributed by atoms with Crippen LogP contribution in [0.2, 0.25) is 0 Å². The van der Waals surface area contributed by atoms with Crippen LogP contribution in [0.1, 0.15) is 21.7 Å². The number of ether oxygens (including phenoxy) is 1. The average Bonchev–Trinajstić information content (AvgIpc) is 2.63. The number of nitrogens with two attached hydrogens (primary N) is 1. The van der Waals surface area contributed by atoms with Crippen LogP contribution in [0.5, 0.6) is 5.75 Å². The molecule has 0 spiro atoms. The molecule has 27 heavy (non-hydrogen) atoms. The number of rotatable bonds is 5. The molecule has 4 N–H and O–H groups in total. The van der Waals surface area contributed by atoms with Gasteiger partial charge >= 0.3 is 5.97 Å². The van der Waals surface area contributed by atoms with Crippen molar-refractivity contribution in [2.75, 3.05) is 11.1 Å². The molecule has 0 saturated heterocycles. The highest BCUT2D eigenvalue weighted by Crippen LogP contribution is 2.18. The van der Waals surface area contributed by atoms with E-state index in [0.717, 1.165) is 0 Å². The summed E-state index contributed by atoms with van der Waals surface area (Å²) >= 11 is 0. The summed E-state index contributed by atoms with van der Waals surface area (Å²) in [7, 11) is 0. The first-order chi connectivity index (χ1) is 12.9. The van der Waals surface area contributed by atoms with Gasteiger partial charge in [-0.3, -0.25) is 0 Å². The third-order valence-corrected chi connectivity index (χ3v) is 3.58. The number of halogens is 1. The molecule has 0 unspecified atom stereocenters. The highest BCUT2D eigenvalue weighted by atomic mass is 19.1. The molecule has 0 amide bonds. The number of carbonyl (C=O) groups excluding carboxylic acids is 1. The van der Waals surface area contributed by atoms with Crippen molar-refractivity contribution in [2.24, 2.45) is 0 Å². The molecular weight excluding hydrogens is 353 g/mol. The standard InChI is InChI=1S/C18H16FN5O3/c1-10-2-3-11(8-14(10)25)16(26)27-9-15-22-17(20)24-18(23-15)21-13-6-4-12(19)5-7-13/h2-8,25H,9H2,1H3,(H3,20,21,22,23,24). The van der Waals surface area contributed by atoms with E-state index in [0.29, 0.717) is 11.3 Å². The summed E-state index contributed by atoms with van der Waals surface area (Å²) in [5.74, 6) is -0.805. The number of phenols is 1. The number of aromatic hydroxyl groups is 1. The van der Waals surface area contributed by atoms with Gasteiger partial charge in [0.25, 0.3) is 0 Å². The van der Waals surface area contributed by atoms with E-state index in [1.807, 2.05) is 0 Å². The first kappa shape index (κ1) is 18.1. The maximum atomic E-state index is 13.0. The molecule has 3 rings (SSSR count). The van der Waals surface area contributed by atoms with Crippen molar-refractivity contribution in [3.63, 3.8) is 0 Å². The first-order valence-corrected chi connectivity index (χ1v) is 7.90. The van der Waals surface area contributed by atoms with Crippen LogP contribution in [-0.4, -0.2) is 26.0 Å². The van der Waals surface area contributed by atoms with E-state index in [1.165, 1.54) is 30.3 Å². The van der Waals surface area contributed by atoms with E-state index in [4.69, 9.17) is 10.5 Å². The predicted octanol–water partition coefficient (Wildman–Crippen LogP) is 2.71. The van der Waals surface area contributed by atoms with Gasteiger partial charge in [0.1, 0.15) is 11.6 Å². The molecule has 1 heterocycles. The minimum Gasteiger partial charge on any atom is -0.508 e. The Morgan fingerprint density at radius 3 is 2.63 bits per heavy atom. The van der Waals surface area contributed by atoms with Crippen LogP contribution in [0.25, 0.3) is 0 Å². The number of esters is 1. The van der Waals surface area contributed by atoms with Gasteiger partial charge in [-0.1, -0.05) is 6.07 Å². The van der Waals surface area contributed by atoms with E-state index in [2.05, 4.69) is 20.3 Å². The molecule has 1 aromatic heterocycles. The first-order valence-electron chi connectivity index (χ1n) is 7.90. The van der Waals surface area contributed by atoms with E-state index in [9.17, 15) is 14.3 Å². The number of hydrogen-bond donors (Lipinski definition) is 3. The monoisotopic (exact) mass is 369 g/mol. The van der Waals surface area contributed by atoms with Gasteiger partial charge in [-0.25, -0.2) is 9.18 Å². The fraction of sp³-hybridized carbons (Fsp3) is 0.111.